The first-order valence-electron chi connectivity index (χ1n) is 8.07. The molecule has 0 bridgehead atoms. The summed E-state index contributed by atoms with van der Waals surface area (Å²) in [4.78, 5) is 14.2. The normalized spacial score (nSPS) is 11.7. The van der Waals surface area contributed by atoms with Crippen molar-refractivity contribution in [3.05, 3.63) is 35.7 Å². The predicted octanol–water partition coefficient (Wildman–Crippen LogP) is 2.23. The summed E-state index contributed by atoms with van der Waals surface area (Å²) in [6, 6.07) is 5.93. The molecule has 2 rings (SSSR count). The number of aromatic nitrogens is 3. The molecule has 2 N–H and O–H groups in total. The van der Waals surface area contributed by atoms with Crippen molar-refractivity contribution in [1.82, 2.24) is 19.9 Å². The largest absolute Gasteiger partial charge is 0.435 e. The minimum Gasteiger partial charge on any atom is -0.435 e. The Morgan fingerprint density at radius 2 is 1.96 bits per heavy atom. The topological polar surface area (TPSA) is 86.3 Å². The molecule has 9 heteroatoms. The number of hydrogen-bond acceptors (Lipinski definition) is 5. The zero-order valence-electron chi connectivity index (χ0n) is 15.2. The van der Waals surface area contributed by atoms with Gasteiger partial charge in [-0.1, -0.05) is 19.1 Å². The summed E-state index contributed by atoms with van der Waals surface area (Å²) >= 11 is 0. The Kier molecular flexibility index (Phi) is 5.91. The molecule has 0 unspecified atom stereocenters. The van der Waals surface area contributed by atoms with Crippen molar-refractivity contribution in [3.63, 3.8) is 0 Å². The second-order valence-electron chi connectivity index (χ2n) is 6.84. The minimum atomic E-state index is -2.88. The predicted molar refractivity (Wildman–Crippen MR) is 92.5 cm³/mol. The van der Waals surface area contributed by atoms with Crippen LogP contribution in [0.15, 0.2) is 24.3 Å². The van der Waals surface area contributed by atoms with Crippen LogP contribution in [0.25, 0.3) is 5.69 Å². The summed E-state index contributed by atoms with van der Waals surface area (Å²) < 4.78 is 30.2. The lowest BCUT2D eigenvalue weighted by Crippen LogP contribution is -2.40. The smallest absolute Gasteiger partial charge is 0.387 e. The third-order valence-electron chi connectivity index (χ3n) is 3.97. The second-order valence-corrected chi connectivity index (χ2v) is 6.84. The maximum atomic E-state index is 12.6. The van der Waals surface area contributed by atoms with E-state index in [9.17, 15) is 13.6 Å². The SMILES string of the molecule is Cc1c(C(=O)N(C)CC(C)(C)CN)nnn1-c1ccc(OC(F)F)cc1. The quantitative estimate of drug-likeness (QED) is 0.811. The number of nitrogens with two attached hydrogens (primary N) is 1. The molecule has 0 aliphatic rings. The highest BCUT2D eigenvalue weighted by atomic mass is 19.3. The molecule has 142 valence electrons. The molecular weight excluding hydrogens is 344 g/mol. The van der Waals surface area contributed by atoms with Crippen LogP contribution in [0.1, 0.15) is 30.0 Å². The first kappa shape index (κ1) is 19.8. The third kappa shape index (κ3) is 4.54. The zero-order chi connectivity index (χ0) is 19.5. The number of nitrogens with zero attached hydrogens (tertiary/aromatic N) is 4. The maximum Gasteiger partial charge on any atom is 0.387 e. The molecule has 1 amide bonds. The van der Waals surface area contributed by atoms with E-state index in [2.05, 4.69) is 15.0 Å². The molecular formula is C17H23F2N5O2. The molecule has 0 fully saturated rings. The van der Waals surface area contributed by atoms with E-state index in [-0.39, 0.29) is 22.8 Å². The highest BCUT2D eigenvalue weighted by Crippen LogP contribution is 2.20. The Hall–Kier alpha value is -2.55. The zero-order valence-corrected chi connectivity index (χ0v) is 15.2. The van der Waals surface area contributed by atoms with Crippen LogP contribution in [-0.2, 0) is 0 Å². The van der Waals surface area contributed by atoms with Gasteiger partial charge in [-0.05, 0) is 43.1 Å². The summed E-state index contributed by atoms with van der Waals surface area (Å²) in [5, 5.41) is 7.98. The van der Waals surface area contributed by atoms with Crippen LogP contribution in [0.2, 0.25) is 0 Å². The molecule has 0 atom stereocenters. The van der Waals surface area contributed by atoms with E-state index in [0.717, 1.165) is 0 Å². The van der Waals surface area contributed by atoms with E-state index >= 15 is 0 Å². The van der Waals surface area contributed by atoms with Crippen molar-refractivity contribution in [2.24, 2.45) is 11.1 Å². The Balaban J connectivity index is 2.20. The van der Waals surface area contributed by atoms with Crippen molar-refractivity contribution in [2.45, 2.75) is 27.4 Å². The molecule has 1 aromatic heterocycles. The fraction of sp³-hybridized carbons (Fsp3) is 0.471. The minimum absolute atomic E-state index is 0.0431. The van der Waals surface area contributed by atoms with Crippen molar-refractivity contribution in [1.29, 1.82) is 0 Å². The fourth-order valence-corrected chi connectivity index (χ4v) is 2.50. The Morgan fingerprint density at radius 3 is 2.50 bits per heavy atom. The number of ether oxygens (including phenoxy) is 1. The van der Waals surface area contributed by atoms with E-state index in [1.54, 1.807) is 31.0 Å². The maximum absolute atomic E-state index is 12.6. The molecule has 26 heavy (non-hydrogen) atoms. The molecule has 0 radical (unpaired) electrons. The average Bonchev–Trinajstić information content (AvgIpc) is 2.95. The molecule has 1 aromatic carbocycles. The summed E-state index contributed by atoms with van der Waals surface area (Å²) in [6.07, 6.45) is 0. The van der Waals surface area contributed by atoms with Crippen LogP contribution in [0.5, 0.6) is 5.75 Å². The van der Waals surface area contributed by atoms with Crippen LogP contribution in [-0.4, -0.2) is 52.5 Å². The van der Waals surface area contributed by atoms with Crippen molar-refractivity contribution in [3.8, 4) is 11.4 Å². The molecule has 2 aromatic rings. The van der Waals surface area contributed by atoms with Gasteiger partial charge in [-0.3, -0.25) is 4.79 Å². The standard InChI is InChI=1S/C17H23F2N5O2/c1-11-14(15(25)23(4)10-17(2,3)9-20)21-22-24(11)12-5-7-13(8-6-12)26-16(18)19/h5-8,16H,9-10,20H2,1-4H3. The first-order chi connectivity index (χ1) is 12.1. The number of benzene rings is 1. The van der Waals surface area contributed by atoms with Gasteiger partial charge in [0, 0.05) is 13.6 Å². The van der Waals surface area contributed by atoms with Crippen molar-refractivity contribution < 1.29 is 18.3 Å². The third-order valence-corrected chi connectivity index (χ3v) is 3.97. The monoisotopic (exact) mass is 367 g/mol. The molecule has 0 aliphatic heterocycles. The number of carbonyl (C=O) groups excluding carboxylic acids is 1. The van der Waals surface area contributed by atoms with Gasteiger partial charge in [-0.15, -0.1) is 5.10 Å². The van der Waals surface area contributed by atoms with Crippen molar-refractivity contribution >= 4 is 5.91 Å². The van der Waals surface area contributed by atoms with Gasteiger partial charge in [0.2, 0.25) is 0 Å². The van der Waals surface area contributed by atoms with Gasteiger partial charge < -0.3 is 15.4 Å². The summed E-state index contributed by atoms with van der Waals surface area (Å²) in [5.74, 6) is -0.213. The lowest BCUT2D eigenvalue weighted by molar-refractivity contribution is -0.0498. The van der Waals surface area contributed by atoms with Crippen LogP contribution in [0.3, 0.4) is 0 Å². The van der Waals surface area contributed by atoms with Crippen LogP contribution in [0, 0.1) is 12.3 Å². The summed E-state index contributed by atoms with van der Waals surface area (Å²) in [6.45, 7) is 3.72. The van der Waals surface area contributed by atoms with Gasteiger partial charge in [0.25, 0.3) is 5.91 Å². The molecule has 0 saturated carbocycles. The number of alkyl halides is 2. The fourth-order valence-electron chi connectivity index (χ4n) is 2.50. The van der Waals surface area contributed by atoms with E-state index < -0.39 is 6.61 Å². The Bertz CT molecular complexity index is 759. The summed E-state index contributed by atoms with van der Waals surface area (Å²) in [5.41, 5.74) is 6.87. The Morgan fingerprint density at radius 1 is 1.35 bits per heavy atom. The Labute approximate surface area is 150 Å². The van der Waals surface area contributed by atoms with Gasteiger partial charge in [0.15, 0.2) is 5.69 Å². The highest BCUT2D eigenvalue weighted by Gasteiger charge is 2.25. The van der Waals surface area contributed by atoms with Gasteiger partial charge in [-0.25, -0.2) is 4.68 Å². The number of hydrogen-bond donors (Lipinski definition) is 1. The molecule has 7 nitrogen and oxygen atoms in total. The molecule has 0 spiro atoms. The number of amides is 1. The van der Waals surface area contributed by atoms with Gasteiger partial charge >= 0.3 is 6.61 Å². The summed E-state index contributed by atoms with van der Waals surface area (Å²) in [7, 11) is 1.69. The van der Waals surface area contributed by atoms with Crippen molar-refractivity contribution in [2.75, 3.05) is 20.1 Å². The number of rotatable bonds is 7. The lowest BCUT2D eigenvalue weighted by atomic mass is 9.93. The first-order valence-corrected chi connectivity index (χ1v) is 8.07. The van der Waals surface area contributed by atoms with E-state index in [4.69, 9.17) is 5.73 Å². The highest BCUT2D eigenvalue weighted by molar-refractivity contribution is 5.93. The van der Waals surface area contributed by atoms with Crippen LogP contribution >= 0.6 is 0 Å². The molecule has 0 saturated heterocycles. The lowest BCUT2D eigenvalue weighted by Gasteiger charge is -2.28. The van der Waals surface area contributed by atoms with Crippen LogP contribution < -0.4 is 10.5 Å². The van der Waals surface area contributed by atoms with E-state index in [0.29, 0.717) is 24.5 Å². The molecule has 1 heterocycles. The van der Waals surface area contributed by atoms with Crippen LogP contribution in [0.4, 0.5) is 8.78 Å². The molecule has 0 aliphatic carbocycles. The number of carbonyl (C=O) groups is 1. The number of halogens is 2. The van der Waals surface area contributed by atoms with E-state index in [1.165, 1.54) is 16.8 Å². The second kappa shape index (κ2) is 7.77. The van der Waals surface area contributed by atoms with Gasteiger partial charge in [0.1, 0.15) is 5.75 Å². The van der Waals surface area contributed by atoms with Gasteiger partial charge in [-0.2, -0.15) is 8.78 Å². The van der Waals surface area contributed by atoms with E-state index in [1.807, 2.05) is 13.8 Å². The average molecular weight is 367 g/mol. The van der Waals surface area contributed by atoms with Gasteiger partial charge in [0.05, 0.1) is 11.4 Å².